The minimum absolute atomic E-state index is 0.136. The lowest BCUT2D eigenvalue weighted by atomic mass is 10.2. The first-order chi connectivity index (χ1) is 10.4. The molecule has 0 bridgehead atoms. The zero-order valence-corrected chi connectivity index (χ0v) is 13.0. The highest BCUT2D eigenvalue weighted by Gasteiger charge is 2.31. The van der Waals surface area contributed by atoms with Crippen molar-refractivity contribution in [3.63, 3.8) is 0 Å². The number of thiazole rings is 1. The fraction of sp³-hybridized carbons (Fsp3) is 0.375. The van der Waals surface area contributed by atoms with E-state index < -0.39 is 0 Å². The molecule has 4 nitrogen and oxygen atoms in total. The molecule has 3 rings (SSSR count). The number of hydrogen-bond donors (Lipinski definition) is 0. The van der Waals surface area contributed by atoms with E-state index in [-0.39, 0.29) is 6.17 Å². The van der Waals surface area contributed by atoms with Gasteiger partial charge in [-0.3, -0.25) is 4.98 Å². The summed E-state index contributed by atoms with van der Waals surface area (Å²) in [6, 6.07) is 10.3. The molecular weight excluding hydrogens is 280 g/mol. The summed E-state index contributed by atoms with van der Waals surface area (Å²) in [5.74, 6) is 0. The van der Waals surface area contributed by atoms with Crippen LogP contribution in [0.25, 0.3) is 0 Å². The van der Waals surface area contributed by atoms with Gasteiger partial charge in [-0.1, -0.05) is 38.0 Å². The number of para-hydroxylation sites is 1. The summed E-state index contributed by atoms with van der Waals surface area (Å²) in [6.07, 6.45) is 7.74. The smallest absolute Gasteiger partial charge is 0.161 e. The second-order valence-electron chi connectivity index (χ2n) is 5.13. The molecule has 1 atom stereocenters. The summed E-state index contributed by atoms with van der Waals surface area (Å²) in [5.41, 5.74) is 3.01. The van der Waals surface area contributed by atoms with Gasteiger partial charge in [0.2, 0.25) is 0 Å². The third kappa shape index (κ3) is 3.08. The highest BCUT2D eigenvalue weighted by Crippen LogP contribution is 2.35. The van der Waals surface area contributed by atoms with Crippen molar-refractivity contribution in [1.29, 1.82) is 0 Å². The molecule has 0 radical (unpaired) electrons. The zero-order valence-electron chi connectivity index (χ0n) is 12.2. The van der Waals surface area contributed by atoms with Crippen LogP contribution < -0.4 is 5.01 Å². The molecule has 2 aromatic rings. The van der Waals surface area contributed by atoms with Gasteiger partial charge in [-0.15, -0.1) is 11.3 Å². The van der Waals surface area contributed by atoms with Crippen LogP contribution in [-0.4, -0.2) is 22.8 Å². The predicted octanol–water partition coefficient (Wildman–Crippen LogP) is 4.10. The van der Waals surface area contributed by atoms with Gasteiger partial charge >= 0.3 is 0 Å². The van der Waals surface area contributed by atoms with Crippen LogP contribution in [0.15, 0.2) is 47.1 Å². The second kappa shape index (κ2) is 6.72. The fourth-order valence-electron chi connectivity index (χ4n) is 2.54. The molecule has 1 aliphatic heterocycles. The van der Waals surface area contributed by atoms with Crippen LogP contribution in [-0.2, 0) is 0 Å². The largest absolute Gasteiger partial charge is 0.335 e. The summed E-state index contributed by atoms with van der Waals surface area (Å²) in [5, 5.41) is 6.70. The van der Waals surface area contributed by atoms with Crippen LogP contribution in [0.5, 0.6) is 0 Å². The van der Waals surface area contributed by atoms with Gasteiger partial charge < -0.3 is 4.90 Å². The van der Waals surface area contributed by atoms with Crippen LogP contribution in [0.1, 0.15) is 37.2 Å². The molecule has 0 fully saturated rings. The van der Waals surface area contributed by atoms with E-state index in [4.69, 9.17) is 0 Å². The van der Waals surface area contributed by atoms with E-state index >= 15 is 0 Å². The molecule has 21 heavy (non-hydrogen) atoms. The third-order valence-corrected chi connectivity index (χ3v) is 4.43. The Balaban J connectivity index is 1.82. The molecule has 5 heteroatoms. The van der Waals surface area contributed by atoms with Gasteiger partial charge in [0.05, 0.1) is 16.1 Å². The monoisotopic (exact) mass is 300 g/mol. The SMILES string of the molecule is CCCCCN1C=NN(c2ccccc2)C1c1cncs1. The van der Waals surface area contributed by atoms with Crippen molar-refractivity contribution in [2.24, 2.45) is 5.10 Å². The Morgan fingerprint density at radius 2 is 2.05 bits per heavy atom. The van der Waals surface area contributed by atoms with Gasteiger partial charge in [-0.25, -0.2) is 5.01 Å². The van der Waals surface area contributed by atoms with Crippen LogP contribution in [0.4, 0.5) is 5.69 Å². The number of hydrogen-bond acceptors (Lipinski definition) is 5. The zero-order chi connectivity index (χ0) is 14.5. The van der Waals surface area contributed by atoms with Gasteiger partial charge in [0.1, 0.15) is 6.34 Å². The van der Waals surface area contributed by atoms with Crippen LogP contribution in [0.2, 0.25) is 0 Å². The van der Waals surface area contributed by atoms with E-state index in [1.165, 1.54) is 24.1 Å². The average molecular weight is 300 g/mol. The summed E-state index contributed by atoms with van der Waals surface area (Å²) >= 11 is 1.69. The van der Waals surface area contributed by atoms with Crippen LogP contribution in [0.3, 0.4) is 0 Å². The molecular formula is C16H20N4S. The van der Waals surface area contributed by atoms with E-state index in [2.05, 4.69) is 39.1 Å². The summed E-state index contributed by atoms with van der Waals surface area (Å²) in [4.78, 5) is 7.78. The summed E-state index contributed by atoms with van der Waals surface area (Å²) in [7, 11) is 0. The Morgan fingerprint density at radius 1 is 1.19 bits per heavy atom. The number of rotatable bonds is 6. The number of aromatic nitrogens is 1. The molecule has 0 N–H and O–H groups in total. The summed E-state index contributed by atoms with van der Waals surface area (Å²) in [6.45, 7) is 3.26. The Morgan fingerprint density at radius 3 is 2.76 bits per heavy atom. The molecule has 0 amide bonds. The topological polar surface area (TPSA) is 31.7 Å². The lowest BCUT2D eigenvalue weighted by molar-refractivity contribution is 0.338. The van der Waals surface area contributed by atoms with Crippen molar-refractivity contribution in [2.45, 2.75) is 32.4 Å². The first kappa shape index (κ1) is 14.1. The van der Waals surface area contributed by atoms with Crippen LogP contribution in [0, 0.1) is 0 Å². The van der Waals surface area contributed by atoms with E-state index in [9.17, 15) is 0 Å². The Labute approximate surface area is 129 Å². The molecule has 1 unspecified atom stereocenters. The maximum Gasteiger partial charge on any atom is 0.161 e. The van der Waals surface area contributed by atoms with Gasteiger partial charge in [0.25, 0.3) is 0 Å². The van der Waals surface area contributed by atoms with Gasteiger partial charge in [-0.05, 0) is 18.6 Å². The fourth-order valence-corrected chi connectivity index (χ4v) is 3.26. The maximum absolute atomic E-state index is 4.62. The number of hydrazone groups is 1. The van der Waals surface area contributed by atoms with Crippen molar-refractivity contribution in [2.75, 3.05) is 11.6 Å². The van der Waals surface area contributed by atoms with Crippen LogP contribution >= 0.6 is 11.3 Å². The first-order valence-corrected chi connectivity index (χ1v) is 8.30. The predicted molar refractivity (Wildman–Crippen MR) is 88.5 cm³/mol. The third-order valence-electron chi connectivity index (χ3n) is 3.62. The molecule has 0 saturated heterocycles. The van der Waals surface area contributed by atoms with E-state index in [1.807, 2.05) is 36.2 Å². The summed E-state index contributed by atoms with van der Waals surface area (Å²) < 4.78 is 0. The molecule has 0 spiro atoms. The highest BCUT2D eigenvalue weighted by atomic mass is 32.1. The highest BCUT2D eigenvalue weighted by molar-refractivity contribution is 7.09. The Hall–Kier alpha value is -1.88. The molecule has 1 aromatic heterocycles. The quantitative estimate of drug-likeness (QED) is 0.753. The Kier molecular flexibility index (Phi) is 4.50. The number of anilines is 1. The lowest BCUT2D eigenvalue weighted by Crippen LogP contribution is -2.32. The molecule has 0 aliphatic carbocycles. The van der Waals surface area contributed by atoms with Crippen molar-refractivity contribution < 1.29 is 0 Å². The second-order valence-corrected chi connectivity index (χ2v) is 6.05. The Bertz CT molecular complexity index is 567. The number of nitrogens with zero attached hydrogens (tertiary/aromatic N) is 4. The van der Waals surface area contributed by atoms with Gasteiger partial charge in [0, 0.05) is 12.7 Å². The maximum atomic E-state index is 4.62. The van der Waals surface area contributed by atoms with Gasteiger partial charge in [-0.2, -0.15) is 5.10 Å². The minimum Gasteiger partial charge on any atom is -0.335 e. The van der Waals surface area contributed by atoms with E-state index in [1.54, 1.807) is 11.3 Å². The van der Waals surface area contributed by atoms with E-state index in [0.717, 1.165) is 12.2 Å². The number of unbranched alkanes of at least 4 members (excludes halogenated alkanes) is 2. The first-order valence-electron chi connectivity index (χ1n) is 7.42. The normalized spacial score (nSPS) is 17.7. The van der Waals surface area contributed by atoms with Crippen molar-refractivity contribution in [1.82, 2.24) is 9.88 Å². The lowest BCUT2D eigenvalue weighted by Gasteiger charge is -2.29. The molecule has 1 aromatic carbocycles. The standard InChI is InChI=1S/C16H20N4S/c1-2-3-7-10-19-12-18-20(14-8-5-4-6-9-14)16(19)15-11-17-13-21-15/h4-6,8-9,11-13,16H,2-3,7,10H2,1H3. The number of benzene rings is 1. The molecule has 2 heterocycles. The van der Waals surface area contributed by atoms with Crippen molar-refractivity contribution in [3.05, 3.63) is 46.9 Å². The van der Waals surface area contributed by atoms with Gasteiger partial charge in [0.15, 0.2) is 6.17 Å². The van der Waals surface area contributed by atoms with Crippen molar-refractivity contribution in [3.8, 4) is 0 Å². The molecule has 0 saturated carbocycles. The molecule has 110 valence electrons. The molecule has 1 aliphatic rings. The van der Waals surface area contributed by atoms with E-state index in [0.29, 0.717) is 0 Å². The average Bonchev–Trinajstić information content (AvgIpc) is 3.17. The van der Waals surface area contributed by atoms with Crippen molar-refractivity contribution >= 4 is 23.4 Å². The minimum atomic E-state index is 0.136.